The lowest BCUT2D eigenvalue weighted by atomic mass is 10.1. The number of hydrogen-bond donors (Lipinski definition) is 1. The van der Waals surface area contributed by atoms with Crippen LogP contribution in [0.3, 0.4) is 0 Å². The highest BCUT2D eigenvalue weighted by molar-refractivity contribution is 7.99. The van der Waals surface area contributed by atoms with E-state index in [0.29, 0.717) is 17.3 Å². The van der Waals surface area contributed by atoms with Crippen LogP contribution in [-0.4, -0.2) is 46.0 Å². The van der Waals surface area contributed by atoms with Crippen LogP contribution < -0.4 is 0 Å². The number of hydrogen-bond acceptors (Lipinski definition) is 3. The van der Waals surface area contributed by atoms with Crippen molar-refractivity contribution in [2.75, 3.05) is 18.1 Å². The Morgan fingerprint density at radius 1 is 1.38 bits per heavy atom. The van der Waals surface area contributed by atoms with Gasteiger partial charge in [0, 0.05) is 29.1 Å². The highest BCUT2D eigenvalue weighted by Gasteiger charge is 2.27. The maximum atomic E-state index is 12.2. The molecule has 0 aliphatic carbocycles. The van der Waals surface area contributed by atoms with E-state index in [4.69, 9.17) is 16.7 Å². The van der Waals surface area contributed by atoms with Gasteiger partial charge in [-0.15, -0.1) is 0 Å². The molecule has 112 valence electrons. The number of halogens is 1. The summed E-state index contributed by atoms with van der Waals surface area (Å²) in [6.45, 7) is 0.590. The van der Waals surface area contributed by atoms with Gasteiger partial charge < -0.3 is 10.0 Å². The predicted molar refractivity (Wildman–Crippen MR) is 85.6 cm³/mol. The molecule has 1 aromatic carbocycles. The van der Waals surface area contributed by atoms with Crippen molar-refractivity contribution < 1.29 is 14.7 Å². The molecule has 6 heteroatoms. The lowest BCUT2D eigenvalue weighted by Gasteiger charge is -2.33. The summed E-state index contributed by atoms with van der Waals surface area (Å²) in [7, 11) is 0. The first-order valence-corrected chi connectivity index (χ1v) is 8.13. The summed E-state index contributed by atoms with van der Waals surface area (Å²) in [5, 5.41) is 9.57. The molecular formula is C15H16ClNO3S. The van der Waals surface area contributed by atoms with E-state index >= 15 is 0 Å². The van der Waals surface area contributed by atoms with Gasteiger partial charge in [-0.25, -0.2) is 0 Å². The minimum absolute atomic E-state index is 0.00642. The topological polar surface area (TPSA) is 57.6 Å². The molecule has 1 aliphatic heterocycles. The minimum Gasteiger partial charge on any atom is -0.481 e. The molecule has 1 N–H and O–H groups in total. The predicted octanol–water partition coefficient (Wildman–Crippen LogP) is 2.77. The van der Waals surface area contributed by atoms with Crippen LogP contribution in [0.1, 0.15) is 12.0 Å². The highest BCUT2D eigenvalue weighted by Crippen LogP contribution is 2.20. The number of benzene rings is 1. The number of thioether (sulfide) groups is 1. The number of carboxylic acids is 1. The molecular weight excluding hydrogens is 310 g/mol. The molecule has 1 amide bonds. The quantitative estimate of drug-likeness (QED) is 0.865. The minimum atomic E-state index is -0.873. The smallest absolute Gasteiger partial charge is 0.305 e. The van der Waals surface area contributed by atoms with Crippen LogP contribution >= 0.6 is 23.4 Å². The van der Waals surface area contributed by atoms with Crippen molar-refractivity contribution in [1.29, 1.82) is 0 Å². The number of carboxylic acid groups (broad SMARTS) is 1. The Bertz CT molecular complexity index is 544. The van der Waals surface area contributed by atoms with E-state index in [1.165, 1.54) is 6.08 Å². The standard InChI is InChI=1S/C15H16ClNO3S/c16-12-4-1-11(2-5-12)3-6-14(18)17-7-8-21-10-13(17)9-15(19)20/h1-6,13H,7-10H2,(H,19,20). The van der Waals surface area contributed by atoms with E-state index in [9.17, 15) is 9.59 Å². The molecule has 4 nitrogen and oxygen atoms in total. The summed E-state index contributed by atoms with van der Waals surface area (Å²) in [5.41, 5.74) is 0.883. The molecule has 1 atom stereocenters. The van der Waals surface area contributed by atoms with Gasteiger partial charge in [0.2, 0.25) is 5.91 Å². The van der Waals surface area contributed by atoms with Crippen molar-refractivity contribution in [2.45, 2.75) is 12.5 Å². The summed E-state index contributed by atoms with van der Waals surface area (Å²) < 4.78 is 0. The SMILES string of the molecule is O=C(O)CC1CSCCN1C(=O)C=Cc1ccc(Cl)cc1. The molecule has 1 saturated heterocycles. The Balaban J connectivity index is 2.03. The second kappa shape index (κ2) is 7.52. The summed E-state index contributed by atoms with van der Waals surface area (Å²) in [6.07, 6.45) is 3.21. The molecule has 0 aromatic heterocycles. The maximum absolute atomic E-state index is 12.2. The van der Waals surface area contributed by atoms with Crippen molar-refractivity contribution in [2.24, 2.45) is 0 Å². The number of nitrogens with zero attached hydrogens (tertiary/aromatic N) is 1. The molecule has 0 saturated carbocycles. The van der Waals surface area contributed by atoms with E-state index in [2.05, 4.69) is 0 Å². The van der Waals surface area contributed by atoms with Crippen molar-refractivity contribution in [3.63, 3.8) is 0 Å². The Morgan fingerprint density at radius 2 is 2.10 bits per heavy atom. The first-order chi connectivity index (χ1) is 10.1. The monoisotopic (exact) mass is 325 g/mol. The van der Waals surface area contributed by atoms with Crippen molar-refractivity contribution in [3.8, 4) is 0 Å². The lowest BCUT2D eigenvalue weighted by Crippen LogP contribution is -2.46. The third-order valence-corrected chi connectivity index (χ3v) is 4.55. The number of amides is 1. The van der Waals surface area contributed by atoms with Crippen LogP contribution in [0.15, 0.2) is 30.3 Å². The lowest BCUT2D eigenvalue weighted by molar-refractivity contribution is -0.139. The van der Waals surface area contributed by atoms with Crippen LogP contribution in [0.5, 0.6) is 0 Å². The van der Waals surface area contributed by atoms with Crippen molar-refractivity contribution in [1.82, 2.24) is 4.90 Å². The van der Waals surface area contributed by atoms with Gasteiger partial charge in [0.05, 0.1) is 12.5 Å². The van der Waals surface area contributed by atoms with Crippen LogP contribution in [0.4, 0.5) is 0 Å². The van der Waals surface area contributed by atoms with Gasteiger partial charge >= 0.3 is 5.97 Å². The van der Waals surface area contributed by atoms with Gasteiger partial charge in [0.25, 0.3) is 0 Å². The molecule has 21 heavy (non-hydrogen) atoms. The fourth-order valence-corrected chi connectivity index (χ4v) is 3.34. The third-order valence-electron chi connectivity index (χ3n) is 3.21. The van der Waals surface area contributed by atoms with Gasteiger partial charge in [0.15, 0.2) is 0 Å². The number of carbonyl (C=O) groups is 2. The van der Waals surface area contributed by atoms with Gasteiger partial charge in [-0.1, -0.05) is 23.7 Å². The zero-order valence-electron chi connectivity index (χ0n) is 11.4. The first-order valence-electron chi connectivity index (χ1n) is 6.60. The third kappa shape index (κ3) is 4.79. The Morgan fingerprint density at radius 3 is 2.76 bits per heavy atom. The zero-order chi connectivity index (χ0) is 15.2. The van der Waals surface area contributed by atoms with E-state index in [1.807, 2.05) is 12.1 Å². The molecule has 1 unspecified atom stereocenters. The van der Waals surface area contributed by atoms with Crippen LogP contribution in [0, 0.1) is 0 Å². The number of rotatable bonds is 4. The molecule has 1 heterocycles. The van der Waals surface area contributed by atoms with Crippen LogP contribution in [0.25, 0.3) is 6.08 Å². The zero-order valence-corrected chi connectivity index (χ0v) is 12.9. The second-order valence-corrected chi connectivity index (χ2v) is 6.33. The van der Waals surface area contributed by atoms with Crippen LogP contribution in [-0.2, 0) is 9.59 Å². The average molecular weight is 326 g/mol. The molecule has 1 fully saturated rings. The highest BCUT2D eigenvalue weighted by atomic mass is 35.5. The first kappa shape index (κ1) is 15.9. The van der Waals surface area contributed by atoms with Gasteiger partial charge in [0.1, 0.15) is 0 Å². The molecule has 1 aliphatic rings. The Labute approximate surface area is 132 Å². The molecule has 2 rings (SSSR count). The molecule has 0 radical (unpaired) electrons. The fourth-order valence-electron chi connectivity index (χ4n) is 2.15. The molecule has 0 spiro atoms. The van der Waals surface area contributed by atoms with Gasteiger partial charge in [-0.05, 0) is 23.8 Å². The average Bonchev–Trinajstić information content (AvgIpc) is 2.46. The second-order valence-electron chi connectivity index (χ2n) is 4.74. The normalized spacial score (nSPS) is 18.9. The van der Waals surface area contributed by atoms with Crippen molar-refractivity contribution in [3.05, 3.63) is 40.9 Å². The van der Waals surface area contributed by atoms with Gasteiger partial charge in [-0.2, -0.15) is 11.8 Å². The summed E-state index contributed by atoms with van der Waals surface area (Å²) in [6, 6.07) is 6.94. The van der Waals surface area contributed by atoms with E-state index in [1.54, 1.807) is 34.9 Å². The summed E-state index contributed by atoms with van der Waals surface area (Å²) in [4.78, 5) is 24.8. The Kier molecular flexibility index (Phi) is 5.70. The number of aliphatic carboxylic acids is 1. The summed E-state index contributed by atoms with van der Waals surface area (Å²) in [5.74, 6) is 0.502. The van der Waals surface area contributed by atoms with Crippen LogP contribution in [0.2, 0.25) is 5.02 Å². The van der Waals surface area contributed by atoms with E-state index < -0.39 is 5.97 Å². The van der Waals surface area contributed by atoms with E-state index in [-0.39, 0.29) is 18.4 Å². The van der Waals surface area contributed by atoms with Crippen molar-refractivity contribution >= 4 is 41.3 Å². The number of carbonyl (C=O) groups excluding carboxylic acids is 1. The fraction of sp³-hybridized carbons (Fsp3) is 0.333. The van der Waals surface area contributed by atoms with E-state index in [0.717, 1.165) is 11.3 Å². The summed E-state index contributed by atoms with van der Waals surface area (Å²) >= 11 is 7.49. The van der Waals surface area contributed by atoms with Gasteiger partial charge in [-0.3, -0.25) is 9.59 Å². The molecule has 1 aromatic rings. The largest absolute Gasteiger partial charge is 0.481 e. The Hall–Kier alpha value is -1.46. The molecule has 0 bridgehead atoms. The maximum Gasteiger partial charge on any atom is 0.305 e.